The van der Waals surface area contributed by atoms with E-state index in [0.29, 0.717) is 0 Å². The predicted molar refractivity (Wildman–Crippen MR) is 45.6 cm³/mol. The van der Waals surface area contributed by atoms with E-state index in [1.165, 1.54) is 0 Å². The van der Waals surface area contributed by atoms with Crippen molar-refractivity contribution < 1.29 is 36.4 Å². The van der Waals surface area contributed by atoms with Gasteiger partial charge in [-0.05, 0) is 0 Å². The first-order chi connectivity index (χ1) is 7.32. The second kappa shape index (κ2) is 4.52. The highest BCUT2D eigenvalue weighted by atomic mass is 16.7. The van der Waals surface area contributed by atoms with Gasteiger partial charge in [-0.15, -0.1) is 0 Å². The number of rotatable bonds is 4. The van der Waals surface area contributed by atoms with E-state index in [4.69, 9.17) is 11.6 Å². The molecule has 1 heterocycles. The smallest absolute Gasteiger partial charge is 0.184 e. The highest BCUT2D eigenvalue weighted by Crippen LogP contribution is 2.34. The lowest BCUT2D eigenvalue weighted by Gasteiger charge is -2.30. The molecule has 5 atom stereocenters. The van der Waals surface area contributed by atoms with Gasteiger partial charge in [0.1, 0.15) is 31.5 Å². The molecule has 0 radical (unpaired) electrons. The van der Waals surface area contributed by atoms with Crippen molar-refractivity contribution in [2.45, 2.75) is 36.6 Å². The standard InChI is InChI=1S/C8H14O7/c9-2-1-8(14)5(12)7(13)15-6(8)4(11)3-10/h2,4-7,10-14H,1,3H2/t4-,5+,6-,7?,8-/m1/s1/i2D. The summed E-state index contributed by atoms with van der Waals surface area (Å²) in [6.07, 6.45) is -8.71. The third-order valence-corrected chi connectivity index (χ3v) is 2.45. The van der Waals surface area contributed by atoms with Gasteiger partial charge < -0.3 is 35.1 Å². The Morgan fingerprint density at radius 2 is 2.20 bits per heavy atom. The van der Waals surface area contributed by atoms with E-state index < -0.39 is 49.5 Å². The normalized spacial score (nSPS) is 43.8. The van der Waals surface area contributed by atoms with Crippen LogP contribution in [0.2, 0.25) is 0 Å². The van der Waals surface area contributed by atoms with Gasteiger partial charge in [0, 0.05) is 6.42 Å². The fraction of sp³-hybridized carbons (Fsp3) is 0.875. The SMILES string of the molecule is [2H]C(=O)C[C@]1(O)[C@@H]([C@H](O)CO)OC(O)[C@@H]1O. The predicted octanol–water partition coefficient (Wildman–Crippen LogP) is -3.26. The van der Waals surface area contributed by atoms with Crippen molar-refractivity contribution in [3.05, 3.63) is 0 Å². The van der Waals surface area contributed by atoms with Crippen LogP contribution < -0.4 is 0 Å². The molecule has 7 heteroatoms. The summed E-state index contributed by atoms with van der Waals surface area (Å²) in [5.41, 5.74) is -2.28. The van der Waals surface area contributed by atoms with Gasteiger partial charge in [0.25, 0.3) is 0 Å². The highest BCUT2D eigenvalue weighted by Gasteiger charge is 2.56. The Labute approximate surface area is 86.9 Å². The molecule has 0 aliphatic carbocycles. The van der Waals surface area contributed by atoms with E-state index in [0.717, 1.165) is 0 Å². The number of carbonyl (C=O) groups is 1. The van der Waals surface area contributed by atoms with E-state index in [1.807, 2.05) is 0 Å². The van der Waals surface area contributed by atoms with Crippen LogP contribution in [0, 0.1) is 0 Å². The molecule has 0 amide bonds. The first kappa shape index (κ1) is 10.9. The maximum absolute atomic E-state index is 10.6. The van der Waals surface area contributed by atoms with Crippen molar-refractivity contribution in [3.8, 4) is 0 Å². The molecule has 0 bridgehead atoms. The zero-order valence-electron chi connectivity index (χ0n) is 8.78. The Kier molecular flexibility index (Phi) is 3.29. The van der Waals surface area contributed by atoms with Crippen LogP contribution >= 0.6 is 0 Å². The number of hydrogen-bond acceptors (Lipinski definition) is 7. The average Bonchev–Trinajstić information content (AvgIpc) is 2.41. The molecule has 5 N–H and O–H groups in total. The van der Waals surface area contributed by atoms with E-state index >= 15 is 0 Å². The van der Waals surface area contributed by atoms with Crippen LogP contribution in [0.4, 0.5) is 0 Å². The van der Waals surface area contributed by atoms with Crippen LogP contribution in [0.5, 0.6) is 0 Å². The summed E-state index contributed by atoms with van der Waals surface area (Å²) in [6.45, 7) is -0.779. The Morgan fingerprint density at radius 1 is 1.60 bits per heavy atom. The molecule has 0 aromatic heterocycles. The second-order valence-corrected chi connectivity index (χ2v) is 3.45. The van der Waals surface area contributed by atoms with Gasteiger partial charge in [0.2, 0.25) is 0 Å². The molecule has 0 aromatic carbocycles. The van der Waals surface area contributed by atoms with Gasteiger partial charge in [-0.2, -0.15) is 0 Å². The maximum Gasteiger partial charge on any atom is 0.184 e. The van der Waals surface area contributed by atoms with E-state index in [9.17, 15) is 20.1 Å². The minimum Gasteiger partial charge on any atom is -0.394 e. The highest BCUT2D eigenvalue weighted by molar-refractivity contribution is 5.52. The van der Waals surface area contributed by atoms with Crippen molar-refractivity contribution in [1.82, 2.24) is 0 Å². The lowest BCUT2D eigenvalue weighted by atomic mass is 9.87. The third-order valence-electron chi connectivity index (χ3n) is 2.45. The van der Waals surface area contributed by atoms with Gasteiger partial charge >= 0.3 is 0 Å². The van der Waals surface area contributed by atoms with Crippen molar-refractivity contribution in [2.24, 2.45) is 0 Å². The Morgan fingerprint density at radius 3 is 2.67 bits per heavy atom. The van der Waals surface area contributed by atoms with E-state index in [1.54, 1.807) is 0 Å². The molecule has 1 fully saturated rings. The molecule has 1 saturated heterocycles. The third kappa shape index (κ3) is 2.03. The lowest BCUT2D eigenvalue weighted by molar-refractivity contribution is -0.156. The van der Waals surface area contributed by atoms with Crippen molar-refractivity contribution in [1.29, 1.82) is 0 Å². The van der Waals surface area contributed by atoms with E-state index in [2.05, 4.69) is 4.74 Å². The summed E-state index contributed by atoms with van der Waals surface area (Å²) >= 11 is 0. The van der Waals surface area contributed by atoms with Crippen molar-refractivity contribution >= 4 is 6.26 Å². The van der Waals surface area contributed by atoms with Gasteiger partial charge in [-0.1, -0.05) is 0 Å². The molecule has 0 saturated carbocycles. The summed E-state index contributed by atoms with van der Waals surface area (Å²) in [6, 6.07) is 0. The first-order valence-electron chi connectivity index (χ1n) is 4.85. The average molecular weight is 223 g/mol. The first-order valence-corrected chi connectivity index (χ1v) is 4.35. The van der Waals surface area contributed by atoms with Crippen LogP contribution in [-0.2, 0) is 9.53 Å². The van der Waals surface area contributed by atoms with E-state index in [-0.39, 0.29) is 0 Å². The molecular formula is C8H14O7. The number of aldehydes is 1. The fourth-order valence-corrected chi connectivity index (χ4v) is 1.60. The molecule has 88 valence electrons. The topological polar surface area (TPSA) is 127 Å². The monoisotopic (exact) mass is 223 g/mol. The Hall–Kier alpha value is -0.570. The molecule has 1 aliphatic heterocycles. The zero-order chi connectivity index (χ0) is 12.5. The molecule has 1 rings (SSSR count). The molecule has 0 aromatic rings. The minimum absolute atomic E-state index is 0.779. The number of aliphatic hydroxyl groups is 5. The number of ether oxygens (including phenoxy) is 1. The fourth-order valence-electron chi connectivity index (χ4n) is 1.60. The van der Waals surface area contributed by atoms with Crippen LogP contribution in [0.15, 0.2) is 0 Å². The van der Waals surface area contributed by atoms with Crippen molar-refractivity contribution in [2.75, 3.05) is 6.61 Å². The van der Waals surface area contributed by atoms with Crippen LogP contribution in [-0.4, -0.2) is 68.6 Å². The Balaban J connectivity index is 2.94. The maximum atomic E-state index is 10.6. The molecule has 1 unspecified atom stereocenters. The van der Waals surface area contributed by atoms with Gasteiger partial charge in [-0.3, -0.25) is 0 Å². The number of hydrogen-bond donors (Lipinski definition) is 5. The second-order valence-electron chi connectivity index (χ2n) is 3.45. The summed E-state index contributed by atoms with van der Waals surface area (Å²) in [7, 11) is 0. The van der Waals surface area contributed by atoms with Crippen molar-refractivity contribution in [3.63, 3.8) is 0 Å². The minimum atomic E-state index is -2.28. The summed E-state index contributed by atoms with van der Waals surface area (Å²) in [5, 5.41) is 46.5. The lowest BCUT2D eigenvalue weighted by Crippen LogP contribution is -2.53. The zero-order valence-corrected chi connectivity index (χ0v) is 7.78. The summed E-state index contributed by atoms with van der Waals surface area (Å²) < 4.78 is 11.4. The molecular weight excluding hydrogens is 208 g/mol. The Bertz CT molecular complexity index is 273. The number of carbonyl (C=O) groups excluding carboxylic acids is 1. The van der Waals surface area contributed by atoms with Crippen LogP contribution in [0.3, 0.4) is 0 Å². The van der Waals surface area contributed by atoms with Gasteiger partial charge in [-0.25, -0.2) is 0 Å². The summed E-state index contributed by atoms with van der Waals surface area (Å²) in [4.78, 5) is 10.6. The summed E-state index contributed by atoms with van der Waals surface area (Å²) in [5.74, 6) is 0. The molecule has 0 spiro atoms. The van der Waals surface area contributed by atoms with Crippen LogP contribution in [0.25, 0.3) is 0 Å². The van der Waals surface area contributed by atoms with Crippen LogP contribution in [0.1, 0.15) is 7.79 Å². The molecule has 7 nitrogen and oxygen atoms in total. The largest absolute Gasteiger partial charge is 0.394 e. The van der Waals surface area contributed by atoms with Gasteiger partial charge in [0.15, 0.2) is 6.29 Å². The quantitative estimate of drug-likeness (QED) is 0.316. The molecule has 15 heavy (non-hydrogen) atoms. The number of aliphatic hydroxyl groups excluding tert-OH is 4. The molecule has 1 aliphatic rings. The van der Waals surface area contributed by atoms with Gasteiger partial charge in [0.05, 0.1) is 6.61 Å².